The Bertz CT molecular complexity index is 1350. The third-order valence-corrected chi connectivity index (χ3v) is 5.76. The average molecular weight is 464 g/mol. The Kier molecular flexibility index (Phi) is 6.45. The second-order valence-corrected chi connectivity index (χ2v) is 7.85. The summed E-state index contributed by atoms with van der Waals surface area (Å²) in [7, 11) is 1.37. The molecule has 0 fully saturated rings. The molecule has 166 valence electrons. The Morgan fingerprint density at radius 3 is 2.52 bits per heavy atom. The maximum Gasteiger partial charge on any atom is 0.273 e. The third-order valence-electron chi connectivity index (χ3n) is 4.78. The van der Waals surface area contributed by atoms with Crippen molar-refractivity contribution >= 4 is 39.8 Å². The van der Waals surface area contributed by atoms with Gasteiger partial charge >= 0.3 is 0 Å². The zero-order valence-electron chi connectivity index (χ0n) is 17.3. The van der Waals surface area contributed by atoms with Crippen LogP contribution in [0.15, 0.2) is 71.8 Å². The van der Waals surface area contributed by atoms with Gasteiger partial charge in [-0.3, -0.25) is 14.9 Å². The van der Waals surface area contributed by atoms with E-state index < -0.39 is 4.92 Å². The molecule has 0 aliphatic rings. The molecule has 1 N–H and O–H groups in total. The second kappa shape index (κ2) is 9.61. The molecule has 4 rings (SSSR count). The Morgan fingerprint density at radius 1 is 1.09 bits per heavy atom. The molecule has 1 heterocycles. The van der Waals surface area contributed by atoms with Crippen molar-refractivity contribution < 1.29 is 18.8 Å². The van der Waals surface area contributed by atoms with E-state index in [4.69, 9.17) is 4.74 Å². The molecule has 1 aromatic heterocycles. The standard InChI is InChI=1S/C23H17FN4O4S/c1-32-20-12-16(28(30)31)10-11-19(20)25-21(29)13-33-23-18-5-3-2-4-17(18)22(26-27-23)14-6-8-15(24)9-7-14/h2-12H,13H2,1H3,(H,25,29). The molecule has 33 heavy (non-hydrogen) atoms. The first-order valence-corrected chi connectivity index (χ1v) is 10.7. The Hall–Kier alpha value is -4.05. The highest BCUT2D eigenvalue weighted by Crippen LogP contribution is 2.33. The first kappa shape index (κ1) is 22.2. The normalized spacial score (nSPS) is 10.7. The topological polar surface area (TPSA) is 107 Å². The number of anilines is 1. The summed E-state index contributed by atoms with van der Waals surface area (Å²) >= 11 is 1.21. The predicted molar refractivity (Wildman–Crippen MR) is 124 cm³/mol. The lowest BCUT2D eigenvalue weighted by Crippen LogP contribution is -2.15. The number of amides is 1. The monoisotopic (exact) mass is 464 g/mol. The Morgan fingerprint density at radius 2 is 1.82 bits per heavy atom. The average Bonchev–Trinajstić information content (AvgIpc) is 2.83. The second-order valence-electron chi connectivity index (χ2n) is 6.88. The molecule has 0 radical (unpaired) electrons. The van der Waals surface area contributed by atoms with Gasteiger partial charge in [-0.15, -0.1) is 10.2 Å². The van der Waals surface area contributed by atoms with Gasteiger partial charge in [0.15, 0.2) is 0 Å². The summed E-state index contributed by atoms with van der Waals surface area (Å²) in [5.74, 6) is -0.440. The van der Waals surface area contributed by atoms with Gasteiger partial charge < -0.3 is 10.1 Å². The predicted octanol–water partition coefficient (Wildman–Crippen LogP) is 5.08. The molecule has 3 aromatic carbocycles. The Balaban J connectivity index is 1.53. The SMILES string of the molecule is COc1cc([N+](=O)[O-])ccc1NC(=O)CSc1nnc(-c2ccc(F)cc2)c2ccccc12. The van der Waals surface area contributed by atoms with Crippen molar-refractivity contribution in [2.24, 2.45) is 0 Å². The van der Waals surface area contributed by atoms with Crippen LogP contribution in [-0.2, 0) is 4.79 Å². The van der Waals surface area contributed by atoms with Crippen molar-refractivity contribution in [3.05, 3.63) is 82.7 Å². The molecule has 0 unspecified atom stereocenters. The van der Waals surface area contributed by atoms with E-state index in [1.54, 1.807) is 12.1 Å². The lowest BCUT2D eigenvalue weighted by molar-refractivity contribution is -0.384. The van der Waals surface area contributed by atoms with Crippen LogP contribution < -0.4 is 10.1 Å². The van der Waals surface area contributed by atoms with E-state index in [1.807, 2.05) is 24.3 Å². The number of nitrogens with one attached hydrogen (secondary N) is 1. The summed E-state index contributed by atoms with van der Waals surface area (Å²) in [6, 6.07) is 17.5. The van der Waals surface area contributed by atoms with E-state index in [2.05, 4.69) is 15.5 Å². The van der Waals surface area contributed by atoms with Crippen LogP contribution in [0.3, 0.4) is 0 Å². The van der Waals surface area contributed by atoms with Gasteiger partial charge in [-0.1, -0.05) is 36.0 Å². The summed E-state index contributed by atoms with van der Waals surface area (Å²) in [5.41, 5.74) is 1.55. The number of fused-ring (bicyclic) bond motifs is 1. The fraction of sp³-hybridized carbons (Fsp3) is 0.0870. The van der Waals surface area contributed by atoms with Crippen molar-refractivity contribution in [3.8, 4) is 17.0 Å². The number of nitro groups is 1. The summed E-state index contributed by atoms with van der Waals surface area (Å²) in [6.45, 7) is 0. The maximum absolute atomic E-state index is 13.3. The van der Waals surface area contributed by atoms with Crippen LogP contribution in [-0.4, -0.2) is 33.9 Å². The Labute approximate surface area is 191 Å². The molecular weight excluding hydrogens is 447 g/mol. The summed E-state index contributed by atoms with van der Waals surface area (Å²) in [5, 5.41) is 24.4. The molecule has 4 aromatic rings. The van der Waals surface area contributed by atoms with Crippen LogP contribution in [0.25, 0.3) is 22.0 Å². The minimum atomic E-state index is -0.538. The van der Waals surface area contributed by atoms with Crippen molar-refractivity contribution in [3.63, 3.8) is 0 Å². The number of nitro benzene ring substituents is 1. The van der Waals surface area contributed by atoms with E-state index in [9.17, 15) is 19.3 Å². The summed E-state index contributed by atoms with van der Waals surface area (Å²) in [6.07, 6.45) is 0. The van der Waals surface area contributed by atoms with Gasteiger partial charge in [-0.05, 0) is 30.3 Å². The number of rotatable bonds is 7. The van der Waals surface area contributed by atoms with Gasteiger partial charge in [0.25, 0.3) is 5.69 Å². The highest BCUT2D eigenvalue weighted by Gasteiger charge is 2.16. The molecule has 0 saturated heterocycles. The number of thioether (sulfide) groups is 1. The number of nitrogens with zero attached hydrogens (tertiary/aromatic N) is 3. The van der Waals surface area contributed by atoms with Gasteiger partial charge in [0.05, 0.1) is 29.5 Å². The molecule has 1 amide bonds. The molecule has 0 saturated carbocycles. The highest BCUT2D eigenvalue weighted by molar-refractivity contribution is 8.00. The smallest absolute Gasteiger partial charge is 0.273 e. The summed E-state index contributed by atoms with van der Waals surface area (Å²) < 4.78 is 18.4. The third kappa shape index (κ3) is 4.90. The molecular formula is C23H17FN4O4S. The van der Waals surface area contributed by atoms with Crippen LogP contribution in [0.4, 0.5) is 15.8 Å². The molecule has 0 atom stereocenters. The quantitative estimate of drug-likeness (QED) is 0.231. The number of halogens is 1. The highest BCUT2D eigenvalue weighted by atomic mass is 32.2. The van der Waals surface area contributed by atoms with Crippen LogP contribution >= 0.6 is 11.8 Å². The number of non-ortho nitro benzene ring substituents is 1. The van der Waals surface area contributed by atoms with Gasteiger partial charge in [0, 0.05) is 22.4 Å². The molecule has 0 spiro atoms. The molecule has 0 aliphatic heterocycles. The number of carbonyl (C=O) groups is 1. The minimum Gasteiger partial charge on any atom is -0.494 e. The fourth-order valence-electron chi connectivity index (χ4n) is 3.22. The van der Waals surface area contributed by atoms with Gasteiger partial charge in [0.1, 0.15) is 22.3 Å². The summed E-state index contributed by atoms with van der Waals surface area (Å²) in [4.78, 5) is 22.9. The molecule has 10 heteroatoms. The first-order chi connectivity index (χ1) is 16.0. The van der Waals surface area contributed by atoms with E-state index in [-0.39, 0.29) is 28.9 Å². The van der Waals surface area contributed by atoms with E-state index in [0.29, 0.717) is 16.4 Å². The number of carbonyl (C=O) groups excluding carboxylic acids is 1. The zero-order valence-corrected chi connectivity index (χ0v) is 18.1. The molecule has 8 nitrogen and oxygen atoms in total. The molecule has 0 bridgehead atoms. The number of benzene rings is 3. The number of ether oxygens (including phenoxy) is 1. The zero-order chi connectivity index (χ0) is 23.4. The van der Waals surface area contributed by atoms with Crippen molar-refractivity contribution in [2.45, 2.75) is 5.03 Å². The van der Waals surface area contributed by atoms with Crippen molar-refractivity contribution in [1.29, 1.82) is 0 Å². The lowest BCUT2D eigenvalue weighted by atomic mass is 10.1. The maximum atomic E-state index is 13.3. The van der Waals surface area contributed by atoms with Crippen LogP contribution in [0.1, 0.15) is 0 Å². The van der Waals surface area contributed by atoms with Crippen LogP contribution in [0, 0.1) is 15.9 Å². The van der Waals surface area contributed by atoms with Gasteiger partial charge in [0.2, 0.25) is 5.91 Å². The largest absolute Gasteiger partial charge is 0.494 e. The van der Waals surface area contributed by atoms with Gasteiger partial charge in [-0.25, -0.2) is 4.39 Å². The number of aromatic nitrogens is 2. The molecule has 0 aliphatic carbocycles. The van der Waals surface area contributed by atoms with Gasteiger partial charge in [-0.2, -0.15) is 0 Å². The van der Waals surface area contributed by atoms with Crippen molar-refractivity contribution in [2.75, 3.05) is 18.2 Å². The van der Waals surface area contributed by atoms with E-state index >= 15 is 0 Å². The van der Waals surface area contributed by atoms with Crippen LogP contribution in [0.2, 0.25) is 0 Å². The first-order valence-electron chi connectivity index (χ1n) is 9.72. The number of hydrogen-bond acceptors (Lipinski definition) is 7. The number of methoxy groups -OCH3 is 1. The van der Waals surface area contributed by atoms with Crippen LogP contribution in [0.5, 0.6) is 5.75 Å². The number of hydrogen-bond donors (Lipinski definition) is 1. The van der Waals surface area contributed by atoms with Crippen molar-refractivity contribution in [1.82, 2.24) is 10.2 Å². The van der Waals surface area contributed by atoms with E-state index in [0.717, 1.165) is 16.3 Å². The fourth-order valence-corrected chi connectivity index (χ4v) is 4.00. The lowest BCUT2D eigenvalue weighted by Gasteiger charge is -2.11. The minimum absolute atomic E-state index is 0.0364. The van der Waals surface area contributed by atoms with E-state index in [1.165, 1.54) is 49.2 Å².